The van der Waals surface area contributed by atoms with Crippen molar-refractivity contribution >= 4 is 40.6 Å². The number of pyridine rings is 1. The van der Waals surface area contributed by atoms with Crippen molar-refractivity contribution in [2.75, 3.05) is 38.7 Å². The Hall–Kier alpha value is -1.60. The molecular formula is C19H25ClN4OS. The second kappa shape index (κ2) is 8.39. The number of hydrogen-bond donors (Lipinski definition) is 2. The topological polar surface area (TPSA) is 49.4 Å². The molecule has 0 spiro atoms. The number of hydrogen-bond acceptors (Lipinski definition) is 6. The van der Waals surface area contributed by atoms with Crippen molar-refractivity contribution < 1.29 is 4.74 Å². The van der Waals surface area contributed by atoms with Crippen molar-refractivity contribution in [2.45, 2.75) is 19.4 Å². The van der Waals surface area contributed by atoms with E-state index < -0.39 is 0 Å². The van der Waals surface area contributed by atoms with Crippen LogP contribution in [0.2, 0.25) is 0 Å². The molecule has 4 heterocycles. The molecule has 1 atom stereocenters. The van der Waals surface area contributed by atoms with E-state index in [0.717, 1.165) is 43.2 Å². The van der Waals surface area contributed by atoms with Gasteiger partial charge in [-0.05, 0) is 31.5 Å². The minimum atomic E-state index is 0. The average Bonchev–Trinajstić information content (AvgIpc) is 2.93. The molecule has 2 aromatic rings. The first-order valence-corrected chi connectivity index (χ1v) is 9.58. The van der Waals surface area contributed by atoms with Gasteiger partial charge in [0, 0.05) is 67.4 Å². The van der Waals surface area contributed by atoms with E-state index in [0.29, 0.717) is 6.04 Å². The highest BCUT2D eigenvalue weighted by Gasteiger charge is 2.25. The first-order valence-electron chi connectivity index (χ1n) is 8.76. The van der Waals surface area contributed by atoms with Crippen LogP contribution in [0.25, 0.3) is 11.9 Å². The monoisotopic (exact) mass is 392 g/mol. The molecule has 7 heteroatoms. The highest BCUT2D eigenvalue weighted by molar-refractivity contribution is 7.16. The molecule has 0 bridgehead atoms. The third-order valence-corrected chi connectivity index (χ3v) is 5.76. The number of halogens is 1. The fourth-order valence-corrected chi connectivity index (χ4v) is 4.48. The summed E-state index contributed by atoms with van der Waals surface area (Å²) in [5, 5.41) is 10.5. The SMILES string of the molecule is COCCC1CN(C2=c3ncccc3=CNc3sc(C)cc32)CCN1.Cl. The van der Waals surface area contributed by atoms with Gasteiger partial charge in [0.1, 0.15) is 5.00 Å². The maximum Gasteiger partial charge on any atom is 0.102 e. The van der Waals surface area contributed by atoms with Gasteiger partial charge in [-0.1, -0.05) is 0 Å². The van der Waals surface area contributed by atoms with Crippen LogP contribution < -0.4 is 21.2 Å². The Morgan fingerprint density at radius 3 is 3.15 bits per heavy atom. The summed E-state index contributed by atoms with van der Waals surface area (Å²) in [6.07, 6.45) is 4.99. The molecule has 1 saturated heterocycles. The van der Waals surface area contributed by atoms with Crippen LogP contribution in [0.4, 0.5) is 5.00 Å². The summed E-state index contributed by atoms with van der Waals surface area (Å²) in [6.45, 7) is 5.90. The molecule has 2 aromatic heterocycles. The third-order valence-electron chi connectivity index (χ3n) is 4.77. The Kier molecular flexibility index (Phi) is 6.19. The number of aromatic nitrogens is 1. The largest absolute Gasteiger partial charge is 0.385 e. The van der Waals surface area contributed by atoms with Crippen LogP contribution in [0.5, 0.6) is 0 Å². The van der Waals surface area contributed by atoms with Gasteiger partial charge in [0.15, 0.2) is 0 Å². The molecule has 2 aliphatic heterocycles. The zero-order chi connectivity index (χ0) is 17.2. The number of methoxy groups -OCH3 is 1. The first kappa shape index (κ1) is 19.2. The van der Waals surface area contributed by atoms with Gasteiger partial charge < -0.3 is 20.3 Å². The standard InChI is InChI=1S/C19H24N4OS.ClH/c1-13-10-16-18(23-8-7-20-15(12-23)5-9-24-2)17-14(4-3-6-21-17)11-22-19(16)25-13;/h3-4,6,10-11,15,20,22H,5,7-9,12H2,1-2H3;1H. The van der Waals surface area contributed by atoms with Gasteiger partial charge in [-0.2, -0.15) is 0 Å². The lowest BCUT2D eigenvalue weighted by molar-refractivity contribution is 0.166. The van der Waals surface area contributed by atoms with E-state index in [2.05, 4.69) is 40.8 Å². The molecule has 5 nitrogen and oxygen atoms in total. The van der Waals surface area contributed by atoms with Crippen molar-refractivity contribution in [3.8, 4) is 0 Å². The van der Waals surface area contributed by atoms with E-state index in [4.69, 9.17) is 9.72 Å². The molecule has 26 heavy (non-hydrogen) atoms. The van der Waals surface area contributed by atoms with Crippen molar-refractivity contribution in [3.63, 3.8) is 0 Å². The summed E-state index contributed by atoms with van der Waals surface area (Å²) in [5.74, 6) is 0. The molecule has 0 radical (unpaired) electrons. The molecule has 2 aliphatic rings. The molecule has 0 aromatic carbocycles. The van der Waals surface area contributed by atoms with Crippen LogP contribution in [0.1, 0.15) is 16.9 Å². The quantitative estimate of drug-likeness (QED) is 0.825. The van der Waals surface area contributed by atoms with E-state index in [1.165, 1.54) is 21.1 Å². The van der Waals surface area contributed by atoms with Crippen molar-refractivity contribution in [2.24, 2.45) is 0 Å². The highest BCUT2D eigenvalue weighted by Crippen LogP contribution is 2.34. The summed E-state index contributed by atoms with van der Waals surface area (Å²) in [7, 11) is 1.77. The van der Waals surface area contributed by atoms with Gasteiger partial charge >= 0.3 is 0 Å². The van der Waals surface area contributed by atoms with Crippen LogP contribution >= 0.6 is 23.7 Å². The lowest BCUT2D eigenvalue weighted by atomic mass is 10.1. The number of aryl methyl sites for hydroxylation is 1. The summed E-state index contributed by atoms with van der Waals surface area (Å²) in [6, 6.07) is 6.85. The molecule has 1 unspecified atom stereocenters. The third kappa shape index (κ3) is 3.74. The first-order chi connectivity index (χ1) is 12.3. The average molecular weight is 393 g/mol. The van der Waals surface area contributed by atoms with Gasteiger partial charge in [-0.15, -0.1) is 23.7 Å². The molecular weight excluding hydrogens is 368 g/mol. The number of fused-ring (bicyclic) bond motifs is 2. The zero-order valence-corrected chi connectivity index (χ0v) is 16.8. The molecule has 140 valence electrons. The van der Waals surface area contributed by atoms with Crippen LogP contribution in [-0.4, -0.2) is 49.3 Å². The number of thiophene rings is 1. The van der Waals surface area contributed by atoms with Crippen LogP contribution in [0, 0.1) is 6.92 Å². The van der Waals surface area contributed by atoms with Crippen LogP contribution in [0.3, 0.4) is 0 Å². The molecule has 2 N–H and O–H groups in total. The predicted octanol–water partition coefficient (Wildman–Crippen LogP) is 1.50. The van der Waals surface area contributed by atoms with E-state index in [-0.39, 0.29) is 12.4 Å². The number of rotatable bonds is 4. The Labute approximate surface area is 164 Å². The van der Waals surface area contributed by atoms with Crippen molar-refractivity contribution in [1.29, 1.82) is 0 Å². The van der Waals surface area contributed by atoms with Gasteiger partial charge in [0.2, 0.25) is 0 Å². The van der Waals surface area contributed by atoms with Crippen molar-refractivity contribution in [3.05, 3.63) is 45.4 Å². The normalized spacial score (nSPS) is 18.8. The maximum atomic E-state index is 5.27. The zero-order valence-electron chi connectivity index (χ0n) is 15.1. The van der Waals surface area contributed by atoms with E-state index in [1.54, 1.807) is 18.4 Å². The fourth-order valence-electron chi connectivity index (χ4n) is 3.60. The molecule has 0 amide bonds. The molecule has 0 saturated carbocycles. The Morgan fingerprint density at radius 1 is 1.42 bits per heavy atom. The van der Waals surface area contributed by atoms with Crippen LogP contribution in [-0.2, 0) is 4.74 Å². The van der Waals surface area contributed by atoms with Gasteiger partial charge in [-0.3, -0.25) is 4.98 Å². The van der Waals surface area contributed by atoms with Crippen molar-refractivity contribution in [1.82, 2.24) is 15.2 Å². The second-order valence-electron chi connectivity index (χ2n) is 6.56. The summed E-state index contributed by atoms with van der Waals surface area (Å²) >= 11 is 1.80. The van der Waals surface area contributed by atoms with Gasteiger partial charge in [-0.25, -0.2) is 0 Å². The summed E-state index contributed by atoms with van der Waals surface area (Å²) in [4.78, 5) is 8.55. The van der Waals surface area contributed by atoms with Crippen LogP contribution in [0.15, 0.2) is 24.4 Å². The minimum Gasteiger partial charge on any atom is -0.385 e. The van der Waals surface area contributed by atoms with Gasteiger partial charge in [0.05, 0.1) is 11.0 Å². The maximum absolute atomic E-state index is 5.27. The molecule has 1 fully saturated rings. The highest BCUT2D eigenvalue weighted by atomic mass is 35.5. The Morgan fingerprint density at radius 2 is 2.31 bits per heavy atom. The van der Waals surface area contributed by atoms with E-state index in [9.17, 15) is 0 Å². The second-order valence-corrected chi connectivity index (χ2v) is 7.81. The number of anilines is 1. The number of piperazine rings is 1. The summed E-state index contributed by atoms with van der Waals surface area (Å²) in [5.41, 5.74) is 2.52. The van der Waals surface area contributed by atoms with E-state index in [1.807, 2.05) is 12.3 Å². The lowest BCUT2D eigenvalue weighted by Gasteiger charge is -2.36. The Bertz CT molecular complexity index is 882. The number of nitrogens with one attached hydrogen (secondary N) is 2. The Balaban J connectivity index is 0.00000196. The lowest BCUT2D eigenvalue weighted by Crippen LogP contribution is -2.52. The number of ether oxygens (including phenoxy) is 1. The minimum absolute atomic E-state index is 0. The van der Waals surface area contributed by atoms with Gasteiger partial charge in [0.25, 0.3) is 0 Å². The predicted molar refractivity (Wildman–Crippen MR) is 110 cm³/mol. The fraction of sp³-hybridized carbons (Fsp3) is 0.421. The molecule has 0 aliphatic carbocycles. The smallest absolute Gasteiger partial charge is 0.102 e. The number of nitrogens with zero attached hydrogens (tertiary/aromatic N) is 2. The molecule has 4 rings (SSSR count). The summed E-state index contributed by atoms with van der Waals surface area (Å²) < 4.78 is 5.27. The van der Waals surface area contributed by atoms with E-state index >= 15 is 0 Å².